The van der Waals surface area contributed by atoms with Gasteiger partial charge in [0.2, 0.25) is 0 Å². The summed E-state index contributed by atoms with van der Waals surface area (Å²) in [5.41, 5.74) is 2.19. The van der Waals surface area contributed by atoms with Crippen LogP contribution in [0.2, 0.25) is 0 Å². The molecule has 1 atom stereocenters. The Morgan fingerprint density at radius 1 is 1.32 bits per heavy atom. The number of hydrogen-bond donors (Lipinski definition) is 1. The van der Waals surface area contributed by atoms with Crippen LogP contribution in [0.15, 0.2) is 23.2 Å². The predicted molar refractivity (Wildman–Crippen MR) is 103 cm³/mol. The van der Waals surface area contributed by atoms with Gasteiger partial charge in [0, 0.05) is 6.54 Å². The Kier molecular flexibility index (Phi) is 5.69. The average Bonchev–Trinajstić information content (AvgIpc) is 3.32. The van der Waals surface area contributed by atoms with Gasteiger partial charge < -0.3 is 4.74 Å². The number of ether oxygens (including phenoxy) is 1. The van der Waals surface area contributed by atoms with Crippen LogP contribution in [0.1, 0.15) is 49.5 Å². The molecule has 0 spiro atoms. The second-order valence-electron chi connectivity index (χ2n) is 8.16. The van der Waals surface area contributed by atoms with Gasteiger partial charge >= 0.3 is 6.18 Å². The molecule has 1 unspecified atom stereocenters. The van der Waals surface area contributed by atoms with Crippen LogP contribution in [0.3, 0.4) is 0 Å². The zero-order chi connectivity index (χ0) is 20.7. The van der Waals surface area contributed by atoms with Crippen LogP contribution < -0.4 is 10.2 Å². The van der Waals surface area contributed by atoms with Crippen LogP contribution in [0.25, 0.3) is 0 Å². The van der Waals surface area contributed by atoms with Crippen molar-refractivity contribution in [2.45, 2.75) is 45.2 Å². The largest absolute Gasteiger partial charge is 0.496 e. The van der Waals surface area contributed by atoms with Crippen molar-refractivity contribution in [2.75, 3.05) is 13.7 Å². The third kappa shape index (κ3) is 4.81. The molecular weight excluding hydrogens is 391 g/mol. The van der Waals surface area contributed by atoms with Gasteiger partial charge in [-0.3, -0.25) is 9.80 Å². The molecule has 5 nitrogen and oxygen atoms in total. The quantitative estimate of drug-likeness (QED) is 0.782. The molecular formula is C19H24F3N3O2S. The Morgan fingerprint density at radius 3 is 2.54 bits per heavy atom. The molecule has 2 fully saturated rings. The maximum atomic E-state index is 13.1. The normalized spacial score (nSPS) is 22.0. The summed E-state index contributed by atoms with van der Waals surface area (Å²) in [4.78, 5) is 16.9. The number of methoxy groups -OCH3 is 1. The number of hydrogen-bond acceptors (Lipinski definition) is 4. The van der Waals surface area contributed by atoms with E-state index in [0.717, 1.165) is 37.6 Å². The van der Waals surface area contributed by atoms with Crippen molar-refractivity contribution in [3.8, 4) is 5.75 Å². The summed E-state index contributed by atoms with van der Waals surface area (Å²) in [7, 11) is 1.31. The molecule has 1 heterocycles. The standard InChI is InChI=1S/C19H24F3N3O2S/c1-18(2,3)16-24-25(10-11-5-6-11)17(28-16)23-15(26)13-9-12(19(20,21)22)7-8-14(13)27-4/h7-9,11,16,24H,5-6,10H2,1-4H3. The number of amidine groups is 1. The first kappa shape index (κ1) is 21.0. The molecule has 1 amide bonds. The molecule has 2 aliphatic rings. The number of benzene rings is 1. The Hall–Kier alpha value is -1.74. The molecule has 1 aliphatic heterocycles. The van der Waals surface area contributed by atoms with E-state index >= 15 is 0 Å². The maximum Gasteiger partial charge on any atom is 0.416 e. The molecule has 1 aliphatic carbocycles. The number of hydrazine groups is 1. The maximum absolute atomic E-state index is 13.1. The van der Waals surface area contributed by atoms with Gasteiger partial charge in [-0.25, -0.2) is 5.43 Å². The highest BCUT2D eigenvalue weighted by Gasteiger charge is 2.39. The Bertz CT molecular complexity index is 786. The molecule has 1 aromatic rings. The van der Waals surface area contributed by atoms with Gasteiger partial charge in [0.05, 0.1) is 23.6 Å². The number of nitrogens with zero attached hydrogens (tertiary/aromatic N) is 2. The van der Waals surface area contributed by atoms with Crippen LogP contribution in [0.4, 0.5) is 13.2 Å². The molecule has 28 heavy (non-hydrogen) atoms. The third-order valence-corrected chi connectivity index (χ3v) is 6.18. The molecule has 1 aromatic carbocycles. The Labute approximate surface area is 166 Å². The van der Waals surface area contributed by atoms with E-state index in [-0.39, 0.29) is 22.1 Å². The Balaban J connectivity index is 1.91. The molecule has 0 radical (unpaired) electrons. The summed E-state index contributed by atoms with van der Waals surface area (Å²) < 4.78 is 44.3. The minimum Gasteiger partial charge on any atom is -0.496 e. The highest BCUT2D eigenvalue weighted by atomic mass is 32.2. The van der Waals surface area contributed by atoms with Crippen molar-refractivity contribution < 1.29 is 22.7 Å². The fourth-order valence-corrected chi connectivity index (χ4v) is 3.87. The first-order chi connectivity index (χ1) is 13.0. The highest BCUT2D eigenvalue weighted by molar-refractivity contribution is 8.14. The van der Waals surface area contributed by atoms with Gasteiger partial charge in [-0.1, -0.05) is 32.5 Å². The second-order valence-corrected chi connectivity index (χ2v) is 9.23. The first-order valence-electron chi connectivity index (χ1n) is 9.07. The molecule has 1 N–H and O–H groups in total. The van der Waals surface area contributed by atoms with Gasteiger partial charge in [0.1, 0.15) is 5.75 Å². The number of amides is 1. The monoisotopic (exact) mass is 415 g/mol. The number of halogens is 3. The summed E-state index contributed by atoms with van der Waals surface area (Å²) in [5, 5.41) is 2.36. The van der Waals surface area contributed by atoms with Crippen LogP contribution in [0, 0.1) is 11.3 Å². The molecule has 0 bridgehead atoms. The summed E-state index contributed by atoms with van der Waals surface area (Å²) in [6.07, 6.45) is -2.29. The Morgan fingerprint density at radius 2 is 2.00 bits per heavy atom. The lowest BCUT2D eigenvalue weighted by Crippen LogP contribution is -2.43. The lowest BCUT2D eigenvalue weighted by molar-refractivity contribution is -0.137. The van der Waals surface area contributed by atoms with Gasteiger partial charge in [-0.15, -0.1) is 0 Å². The van der Waals surface area contributed by atoms with Crippen LogP contribution in [0.5, 0.6) is 5.75 Å². The summed E-state index contributed by atoms with van der Waals surface area (Å²) in [5.74, 6) is -0.128. The number of rotatable bonds is 4. The predicted octanol–water partition coefficient (Wildman–Crippen LogP) is 4.55. The summed E-state index contributed by atoms with van der Waals surface area (Å²) in [6, 6.07) is 2.84. The number of carbonyl (C=O) groups is 1. The number of nitrogens with one attached hydrogen (secondary N) is 1. The highest BCUT2D eigenvalue weighted by Crippen LogP contribution is 2.38. The van der Waals surface area contributed by atoms with E-state index in [1.165, 1.54) is 18.9 Å². The fourth-order valence-electron chi connectivity index (χ4n) is 2.74. The van der Waals surface area contributed by atoms with Crippen LogP contribution >= 0.6 is 11.8 Å². The van der Waals surface area contributed by atoms with E-state index < -0.39 is 17.6 Å². The van der Waals surface area contributed by atoms with Gasteiger partial charge in [0.25, 0.3) is 5.91 Å². The zero-order valence-corrected chi connectivity index (χ0v) is 17.1. The number of alkyl halides is 3. The topological polar surface area (TPSA) is 53.9 Å². The van der Waals surface area contributed by atoms with E-state index in [1.54, 1.807) is 0 Å². The van der Waals surface area contributed by atoms with Gasteiger partial charge in [-0.05, 0) is 42.4 Å². The van der Waals surface area contributed by atoms with Crippen molar-refractivity contribution in [1.82, 2.24) is 10.4 Å². The van der Waals surface area contributed by atoms with Gasteiger partial charge in [-0.2, -0.15) is 18.2 Å². The average molecular weight is 415 g/mol. The third-order valence-electron chi connectivity index (χ3n) is 4.61. The molecule has 1 saturated heterocycles. The lowest BCUT2D eigenvalue weighted by Gasteiger charge is -2.26. The number of thioether (sulfide) groups is 1. The molecule has 9 heteroatoms. The second kappa shape index (κ2) is 7.59. The van der Waals surface area contributed by atoms with Crippen molar-refractivity contribution >= 4 is 22.8 Å². The van der Waals surface area contributed by atoms with Gasteiger partial charge in [0.15, 0.2) is 5.17 Å². The lowest BCUT2D eigenvalue weighted by atomic mass is 9.97. The van der Waals surface area contributed by atoms with Crippen LogP contribution in [-0.2, 0) is 6.18 Å². The minimum absolute atomic E-state index is 0.0150. The van der Waals surface area contributed by atoms with E-state index in [0.29, 0.717) is 11.1 Å². The molecule has 1 saturated carbocycles. The summed E-state index contributed by atoms with van der Waals surface area (Å²) >= 11 is 1.42. The SMILES string of the molecule is COc1ccc(C(F)(F)F)cc1C(=O)N=C1SC(C(C)(C)C)NN1CC1CC1. The van der Waals surface area contributed by atoms with E-state index in [9.17, 15) is 18.0 Å². The number of aliphatic imine (C=N–C) groups is 1. The minimum atomic E-state index is -4.55. The molecule has 154 valence electrons. The number of carbonyl (C=O) groups excluding carboxylic acids is 1. The van der Waals surface area contributed by atoms with Crippen molar-refractivity contribution in [1.29, 1.82) is 0 Å². The van der Waals surface area contributed by atoms with E-state index in [4.69, 9.17) is 4.74 Å². The molecule has 3 rings (SSSR count). The smallest absolute Gasteiger partial charge is 0.416 e. The first-order valence-corrected chi connectivity index (χ1v) is 9.95. The van der Waals surface area contributed by atoms with E-state index in [1.807, 2.05) is 5.01 Å². The summed E-state index contributed by atoms with van der Waals surface area (Å²) in [6.45, 7) is 6.96. The van der Waals surface area contributed by atoms with E-state index in [2.05, 4.69) is 31.2 Å². The van der Waals surface area contributed by atoms with Crippen LogP contribution in [-0.4, -0.2) is 35.1 Å². The fraction of sp³-hybridized carbons (Fsp3) is 0.579. The van der Waals surface area contributed by atoms with Crippen molar-refractivity contribution in [3.05, 3.63) is 29.3 Å². The van der Waals surface area contributed by atoms with Crippen molar-refractivity contribution in [2.24, 2.45) is 16.3 Å². The zero-order valence-electron chi connectivity index (χ0n) is 16.3. The van der Waals surface area contributed by atoms with Crippen molar-refractivity contribution in [3.63, 3.8) is 0 Å². The molecule has 0 aromatic heterocycles.